The fourth-order valence-electron chi connectivity index (χ4n) is 3.16. The normalized spacial score (nSPS) is 24.6. The van der Waals surface area contributed by atoms with Gasteiger partial charge in [-0.3, -0.25) is 0 Å². The Balaban J connectivity index is 0.00000147. The quantitative estimate of drug-likeness (QED) is 0.750. The lowest BCUT2D eigenvalue weighted by Gasteiger charge is -2.36. The van der Waals surface area contributed by atoms with Gasteiger partial charge in [-0.2, -0.15) is 0 Å². The number of benzene rings is 2. The average molecular weight is 308 g/mol. The van der Waals surface area contributed by atoms with Gasteiger partial charge in [0.25, 0.3) is 0 Å². The monoisotopic (exact) mass is 307 g/mol. The highest BCUT2D eigenvalue weighted by Crippen LogP contribution is 2.33. The molecule has 0 aromatic heterocycles. The van der Waals surface area contributed by atoms with E-state index in [-0.39, 0.29) is 12.4 Å². The lowest BCUT2D eigenvalue weighted by Crippen LogP contribution is -3.12. The van der Waals surface area contributed by atoms with E-state index in [1.165, 1.54) is 16.7 Å². The van der Waals surface area contributed by atoms with Crippen LogP contribution in [0.25, 0.3) is 0 Å². The van der Waals surface area contributed by atoms with Gasteiger partial charge in [0.2, 0.25) is 0 Å². The maximum atomic E-state index is 6.21. The van der Waals surface area contributed by atoms with Crippen molar-refractivity contribution in [1.82, 2.24) is 0 Å². The van der Waals surface area contributed by atoms with E-state index < -0.39 is 0 Å². The molecule has 3 atom stereocenters. The number of likely N-dealkylation sites (N-methyl/N-ethyl adjacent to an activating group) is 1. The zero-order chi connectivity index (χ0) is 13.4. The first-order valence-corrected chi connectivity index (χ1v) is 7.20. The first-order chi connectivity index (χ1) is 9.16. The second-order valence-electron chi connectivity index (χ2n) is 5.54. The first-order valence-electron chi connectivity index (χ1n) is 6.82. The summed E-state index contributed by atoms with van der Waals surface area (Å²) in [6.07, 6.45) is 0. The summed E-state index contributed by atoms with van der Waals surface area (Å²) in [5.74, 6) is 0.434. The van der Waals surface area contributed by atoms with Crippen molar-refractivity contribution in [3.63, 3.8) is 0 Å². The summed E-state index contributed by atoms with van der Waals surface area (Å²) in [6, 6.07) is 17.7. The minimum absolute atomic E-state index is 0. The van der Waals surface area contributed by atoms with E-state index in [1.54, 1.807) is 4.90 Å². The second-order valence-corrected chi connectivity index (χ2v) is 5.98. The molecule has 0 saturated heterocycles. The number of rotatable bonds is 1. The molecule has 1 aliphatic rings. The van der Waals surface area contributed by atoms with E-state index in [2.05, 4.69) is 56.4 Å². The third kappa shape index (κ3) is 2.71. The lowest BCUT2D eigenvalue weighted by molar-refractivity contribution is -0.921. The molecule has 0 aliphatic carbocycles. The first kappa shape index (κ1) is 15.4. The third-order valence-electron chi connectivity index (χ3n) is 4.35. The van der Waals surface area contributed by atoms with Crippen LogP contribution in [0.3, 0.4) is 0 Å². The predicted molar refractivity (Wildman–Crippen MR) is 79.8 cm³/mol. The number of fused-ring (bicyclic) bond motifs is 1. The molecule has 2 aromatic rings. The van der Waals surface area contributed by atoms with Crippen LogP contribution < -0.4 is 17.3 Å². The molecular formula is C17H19Cl2N. The van der Waals surface area contributed by atoms with Crippen LogP contribution >= 0.6 is 11.6 Å². The molecule has 0 radical (unpaired) electrons. The molecule has 2 aromatic carbocycles. The second kappa shape index (κ2) is 6.17. The third-order valence-corrected chi connectivity index (χ3v) is 4.58. The van der Waals surface area contributed by atoms with E-state index in [0.717, 1.165) is 11.6 Å². The molecule has 20 heavy (non-hydrogen) atoms. The van der Waals surface area contributed by atoms with Crippen LogP contribution in [0.4, 0.5) is 0 Å². The van der Waals surface area contributed by atoms with E-state index in [4.69, 9.17) is 11.6 Å². The number of hydrogen-bond acceptors (Lipinski definition) is 0. The summed E-state index contributed by atoms with van der Waals surface area (Å²) in [7, 11) is 2.28. The Morgan fingerprint density at radius 1 is 1.10 bits per heavy atom. The lowest BCUT2D eigenvalue weighted by atomic mass is 9.80. The molecule has 3 heteroatoms. The molecule has 1 heterocycles. The summed E-state index contributed by atoms with van der Waals surface area (Å²) >= 11 is 6.21. The van der Waals surface area contributed by atoms with Crippen LogP contribution in [0.1, 0.15) is 29.5 Å². The molecule has 1 N–H and O–H groups in total. The fraction of sp³-hybridized carbons (Fsp3) is 0.294. The van der Waals surface area contributed by atoms with Crippen molar-refractivity contribution in [2.75, 3.05) is 7.05 Å². The van der Waals surface area contributed by atoms with Gasteiger partial charge in [0.05, 0.1) is 19.0 Å². The molecule has 1 aliphatic heterocycles. The van der Waals surface area contributed by atoms with Crippen molar-refractivity contribution >= 4 is 11.6 Å². The number of nitrogens with one attached hydrogen (secondary N) is 1. The Bertz CT molecular complexity index is 583. The van der Waals surface area contributed by atoms with Gasteiger partial charge in [0.1, 0.15) is 6.54 Å². The highest BCUT2D eigenvalue weighted by molar-refractivity contribution is 6.30. The van der Waals surface area contributed by atoms with Crippen molar-refractivity contribution in [2.24, 2.45) is 0 Å². The average Bonchev–Trinajstić information content (AvgIpc) is 2.42. The van der Waals surface area contributed by atoms with Crippen LogP contribution in [-0.2, 0) is 6.54 Å². The summed E-state index contributed by atoms with van der Waals surface area (Å²) in [6.45, 7) is 3.41. The molecule has 106 valence electrons. The van der Waals surface area contributed by atoms with E-state index in [9.17, 15) is 0 Å². The van der Waals surface area contributed by atoms with Crippen LogP contribution in [0.15, 0.2) is 48.5 Å². The van der Waals surface area contributed by atoms with Crippen molar-refractivity contribution in [1.29, 1.82) is 0 Å². The Hall–Kier alpha value is -1.02. The van der Waals surface area contributed by atoms with Crippen molar-refractivity contribution in [3.8, 4) is 0 Å². The van der Waals surface area contributed by atoms with Crippen LogP contribution in [0.2, 0.25) is 5.02 Å². The fourth-order valence-corrected chi connectivity index (χ4v) is 3.34. The van der Waals surface area contributed by atoms with Gasteiger partial charge in [-0.25, -0.2) is 0 Å². The smallest absolute Gasteiger partial charge is 0.103 e. The van der Waals surface area contributed by atoms with Crippen LogP contribution in [0, 0.1) is 0 Å². The van der Waals surface area contributed by atoms with Gasteiger partial charge >= 0.3 is 0 Å². The van der Waals surface area contributed by atoms with Crippen molar-refractivity contribution in [3.05, 3.63) is 70.2 Å². The molecular weight excluding hydrogens is 289 g/mol. The van der Waals surface area contributed by atoms with Crippen LogP contribution in [-0.4, -0.2) is 13.1 Å². The van der Waals surface area contributed by atoms with Gasteiger partial charge < -0.3 is 17.3 Å². The predicted octanol–water partition coefficient (Wildman–Crippen LogP) is -0.107. The minimum Gasteiger partial charge on any atom is -1.00 e. The van der Waals surface area contributed by atoms with Crippen molar-refractivity contribution < 1.29 is 17.3 Å². The van der Waals surface area contributed by atoms with Gasteiger partial charge in [0, 0.05) is 10.6 Å². The van der Waals surface area contributed by atoms with Gasteiger partial charge in [-0.05, 0) is 30.2 Å². The standard InChI is InChI=1S/C17H18ClN.ClH/c1-12-17(13-6-4-3-5-7-13)16-10-15(18)9-8-14(16)11-19(12)2;/h3-10,12,17H,11H2,1-2H3;1H/t12-,17?;/m0./s1. The Morgan fingerprint density at radius 3 is 2.50 bits per heavy atom. The number of quaternary nitrogens is 1. The van der Waals surface area contributed by atoms with E-state index in [1.807, 2.05) is 6.07 Å². The Morgan fingerprint density at radius 2 is 1.80 bits per heavy atom. The molecule has 0 bridgehead atoms. The molecule has 0 saturated carbocycles. The van der Waals surface area contributed by atoms with Gasteiger partial charge in [-0.1, -0.05) is 48.0 Å². The number of halogens is 2. The van der Waals surface area contributed by atoms with Crippen molar-refractivity contribution in [2.45, 2.75) is 25.4 Å². The summed E-state index contributed by atoms with van der Waals surface area (Å²) < 4.78 is 0. The summed E-state index contributed by atoms with van der Waals surface area (Å²) in [5.41, 5.74) is 4.21. The van der Waals surface area contributed by atoms with Gasteiger partial charge in [0.15, 0.2) is 0 Å². The maximum absolute atomic E-state index is 6.21. The summed E-state index contributed by atoms with van der Waals surface area (Å²) in [4.78, 5) is 1.56. The molecule has 0 spiro atoms. The highest BCUT2D eigenvalue weighted by Gasteiger charge is 2.34. The topological polar surface area (TPSA) is 4.44 Å². The molecule has 1 nitrogen and oxygen atoms in total. The highest BCUT2D eigenvalue weighted by atomic mass is 35.5. The molecule has 0 amide bonds. The van der Waals surface area contributed by atoms with Gasteiger partial charge in [-0.15, -0.1) is 0 Å². The van der Waals surface area contributed by atoms with E-state index >= 15 is 0 Å². The Kier molecular flexibility index (Phi) is 4.74. The molecule has 2 unspecified atom stereocenters. The SMILES string of the molecule is C[C@H]1C(c2ccccc2)c2cc(Cl)ccc2C[NH+]1C.[Cl-]. The molecule has 0 fully saturated rings. The van der Waals surface area contributed by atoms with E-state index in [0.29, 0.717) is 12.0 Å². The minimum atomic E-state index is 0. The largest absolute Gasteiger partial charge is 1.00 e. The Labute approximate surface area is 132 Å². The molecule has 3 rings (SSSR count). The maximum Gasteiger partial charge on any atom is 0.103 e. The zero-order valence-electron chi connectivity index (χ0n) is 11.7. The van der Waals surface area contributed by atoms with Crippen LogP contribution in [0.5, 0.6) is 0 Å². The summed E-state index contributed by atoms with van der Waals surface area (Å²) in [5, 5.41) is 0.839. The number of hydrogen-bond donors (Lipinski definition) is 1. The zero-order valence-corrected chi connectivity index (χ0v) is 13.2.